The molecule has 0 aliphatic heterocycles. The van der Waals surface area contributed by atoms with Crippen LogP contribution in [0.2, 0.25) is 0 Å². The maximum atomic E-state index is 11.4. The number of rotatable bonds is 4. The fourth-order valence-electron chi connectivity index (χ4n) is 1.07. The first kappa shape index (κ1) is 12.4. The Morgan fingerprint density at radius 1 is 1.50 bits per heavy atom. The molecule has 0 radical (unpaired) electrons. The highest BCUT2D eigenvalue weighted by molar-refractivity contribution is 7.13. The zero-order chi connectivity index (χ0) is 12.1. The fourth-order valence-corrected chi connectivity index (χ4v) is 1.60. The van der Waals surface area contributed by atoms with Crippen LogP contribution in [0.5, 0.6) is 0 Å². The largest absolute Gasteiger partial charge is 0.480 e. The highest BCUT2D eigenvalue weighted by atomic mass is 32.1. The maximum absolute atomic E-state index is 11.4. The number of carboxylic acid groups (broad SMARTS) is 1. The molecule has 0 fully saturated rings. The summed E-state index contributed by atoms with van der Waals surface area (Å²) in [6.07, 6.45) is 1.55. The van der Waals surface area contributed by atoms with Crippen molar-refractivity contribution >= 4 is 28.5 Å². The number of aliphatic carboxylic acids is 1. The zero-order valence-electron chi connectivity index (χ0n) is 8.93. The molecule has 7 heteroatoms. The van der Waals surface area contributed by atoms with E-state index in [2.05, 4.69) is 15.6 Å². The number of urea groups is 1. The van der Waals surface area contributed by atoms with E-state index in [1.807, 2.05) is 0 Å². The van der Waals surface area contributed by atoms with Crippen LogP contribution >= 0.6 is 11.3 Å². The topological polar surface area (TPSA) is 91.3 Å². The number of hydrogen-bond acceptors (Lipinski definition) is 4. The first-order chi connectivity index (χ1) is 7.50. The minimum atomic E-state index is -1.05. The molecular weight excluding hydrogens is 230 g/mol. The maximum Gasteiger partial charge on any atom is 0.326 e. The minimum absolute atomic E-state index is 0.181. The van der Waals surface area contributed by atoms with E-state index >= 15 is 0 Å². The van der Waals surface area contributed by atoms with E-state index in [9.17, 15) is 9.59 Å². The van der Waals surface area contributed by atoms with E-state index in [-0.39, 0.29) is 5.92 Å². The third-order valence-corrected chi connectivity index (χ3v) is 2.56. The fraction of sp³-hybridized carbons (Fsp3) is 0.444. The second kappa shape index (κ2) is 5.45. The van der Waals surface area contributed by atoms with Gasteiger partial charge in [0, 0.05) is 11.6 Å². The number of carboxylic acids is 1. The molecule has 1 aromatic heterocycles. The number of nitrogens with one attached hydrogen (secondary N) is 2. The van der Waals surface area contributed by atoms with E-state index < -0.39 is 18.0 Å². The summed E-state index contributed by atoms with van der Waals surface area (Å²) < 4.78 is 0. The summed E-state index contributed by atoms with van der Waals surface area (Å²) >= 11 is 1.26. The SMILES string of the molecule is CC(C)[C@@H](NC(=O)Nc1nccs1)C(=O)O. The van der Waals surface area contributed by atoms with Gasteiger partial charge in [0.05, 0.1) is 0 Å². The van der Waals surface area contributed by atoms with Crippen LogP contribution < -0.4 is 10.6 Å². The van der Waals surface area contributed by atoms with E-state index in [0.717, 1.165) is 0 Å². The third kappa shape index (κ3) is 3.50. The third-order valence-electron chi connectivity index (χ3n) is 1.87. The van der Waals surface area contributed by atoms with E-state index in [4.69, 9.17) is 5.11 Å². The van der Waals surface area contributed by atoms with Crippen LogP contribution in [0.15, 0.2) is 11.6 Å². The van der Waals surface area contributed by atoms with Gasteiger partial charge in [-0.3, -0.25) is 5.32 Å². The molecule has 0 saturated carbocycles. The molecular formula is C9H13N3O3S. The molecule has 0 spiro atoms. The van der Waals surface area contributed by atoms with Gasteiger partial charge in [-0.2, -0.15) is 0 Å². The van der Waals surface area contributed by atoms with E-state index in [1.165, 1.54) is 11.3 Å². The Balaban J connectivity index is 2.52. The van der Waals surface area contributed by atoms with Crippen molar-refractivity contribution in [1.82, 2.24) is 10.3 Å². The molecule has 6 nitrogen and oxygen atoms in total. The van der Waals surface area contributed by atoms with Gasteiger partial charge in [0.15, 0.2) is 5.13 Å². The molecule has 1 aromatic rings. The van der Waals surface area contributed by atoms with E-state index in [0.29, 0.717) is 5.13 Å². The molecule has 1 heterocycles. The zero-order valence-corrected chi connectivity index (χ0v) is 9.75. The van der Waals surface area contributed by atoms with Crippen molar-refractivity contribution in [2.75, 3.05) is 5.32 Å². The molecule has 3 N–H and O–H groups in total. The number of carbonyl (C=O) groups excluding carboxylic acids is 1. The molecule has 0 aliphatic rings. The van der Waals surface area contributed by atoms with Gasteiger partial charge >= 0.3 is 12.0 Å². The highest BCUT2D eigenvalue weighted by Gasteiger charge is 2.23. The molecule has 0 unspecified atom stereocenters. The quantitative estimate of drug-likeness (QED) is 0.744. The number of amides is 2. The number of carbonyl (C=O) groups is 2. The van der Waals surface area contributed by atoms with Crippen LogP contribution in [-0.4, -0.2) is 28.1 Å². The van der Waals surface area contributed by atoms with Gasteiger partial charge in [0.25, 0.3) is 0 Å². The van der Waals surface area contributed by atoms with Crippen molar-refractivity contribution in [2.24, 2.45) is 5.92 Å². The number of nitrogens with zero attached hydrogens (tertiary/aromatic N) is 1. The standard InChI is InChI=1S/C9H13N3O3S/c1-5(2)6(7(13)14)11-8(15)12-9-10-3-4-16-9/h3-6H,1-2H3,(H,13,14)(H2,10,11,12,15)/t6-/m1/s1. The molecule has 1 rings (SSSR count). The van der Waals surface area contributed by atoms with Gasteiger partial charge < -0.3 is 10.4 Å². The lowest BCUT2D eigenvalue weighted by Crippen LogP contribution is -2.46. The van der Waals surface area contributed by atoms with Gasteiger partial charge in [-0.05, 0) is 5.92 Å². The normalized spacial score (nSPS) is 12.2. The van der Waals surface area contributed by atoms with Crippen LogP contribution in [0.25, 0.3) is 0 Å². The first-order valence-corrected chi connectivity index (χ1v) is 5.58. The van der Waals surface area contributed by atoms with Crippen molar-refractivity contribution in [2.45, 2.75) is 19.9 Å². The molecule has 0 bridgehead atoms. The monoisotopic (exact) mass is 243 g/mol. The van der Waals surface area contributed by atoms with Gasteiger partial charge in [0.1, 0.15) is 6.04 Å². The van der Waals surface area contributed by atoms with Crippen LogP contribution in [0.3, 0.4) is 0 Å². The number of hydrogen-bond donors (Lipinski definition) is 3. The van der Waals surface area contributed by atoms with Crippen LogP contribution in [-0.2, 0) is 4.79 Å². The summed E-state index contributed by atoms with van der Waals surface area (Å²) in [6.45, 7) is 3.45. The smallest absolute Gasteiger partial charge is 0.326 e. The van der Waals surface area contributed by atoms with Gasteiger partial charge in [-0.25, -0.2) is 14.6 Å². The molecule has 88 valence electrons. The summed E-state index contributed by atoms with van der Waals surface area (Å²) in [4.78, 5) is 26.1. The lowest BCUT2D eigenvalue weighted by Gasteiger charge is -2.17. The Labute approximate surface area is 96.7 Å². The average Bonchev–Trinajstić information content (AvgIpc) is 2.65. The molecule has 1 atom stereocenters. The van der Waals surface area contributed by atoms with Crippen molar-refractivity contribution in [3.63, 3.8) is 0 Å². The molecule has 0 saturated heterocycles. The summed E-state index contributed by atoms with van der Waals surface area (Å²) in [7, 11) is 0. The summed E-state index contributed by atoms with van der Waals surface area (Å²) in [6, 6.07) is -1.46. The first-order valence-electron chi connectivity index (χ1n) is 4.70. The predicted octanol–water partition coefficient (Wildman–Crippen LogP) is 1.37. The molecule has 2 amide bonds. The molecule has 16 heavy (non-hydrogen) atoms. The van der Waals surface area contributed by atoms with Crippen LogP contribution in [0.4, 0.5) is 9.93 Å². The van der Waals surface area contributed by atoms with E-state index in [1.54, 1.807) is 25.4 Å². The Kier molecular flexibility index (Phi) is 4.24. The molecule has 0 aromatic carbocycles. The number of anilines is 1. The summed E-state index contributed by atoms with van der Waals surface area (Å²) in [5.41, 5.74) is 0. The van der Waals surface area contributed by atoms with Crippen molar-refractivity contribution in [3.05, 3.63) is 11.6 Å². The summed E-state index contributed by atoms with van der Waals surface area (Å²) in [5, 5.41) is 15.8. The lowest BCUT2D eigenvalue weighted by atomic mass is 10.1. The second-order valence-electron chi connectivity index (χ2n) is 3.50. The van der Waals surface area contributed by atoms with Gasteiger partial charge in [-0.1, -0.05) is 13.8 Å². The minimum Gasteiger partial charge on any atom is -0.480 e. The highest BCUT2D eigenvalue weighted by Crippen LogP contribution is 2.10. The Morgan fingerprint density at radius 2 is 2.19 bits per heavy atom. The van der Waals surface area contributed by atoms with Crippen molar-refractivity contribution < 1.29 is 14.7 Å². The average molecular weight is 243 g/mol. The summed E-state index contributed by atoms with van der Waals surface area (Å²) in [5.74, 6) is -1.23. The van der Waals surface area contributed by atoms with Crippen LogP contribution in [0, 0.1) is 5.92 Å². The number of aromatic nitrogens is 1. The van der Waals surface area contributed by atoms with Crippen molar-refractivity contribution in [3.8, 4) is 0 Å². The van der Waals surface area contributed by atoms with Gasteiger partial charge in [0.2, 0.25) is 0 Å². The van der Waals surface area contributed by atoms with Crippen molar-refractivity contribution in [1.29, 1.82) is 0 Å². The lowest BCUT2D eigenvalue weighted by molar-refractivity contribution is -0.140. The Hall–Kier alpha value is -1.63. The Bertz CT molecular complexity index is 364. The van der Waals surface area contributed by atoms with Crippen LogP contribution in [0.1, 0.15) is 13.8 Å². The predicted molar refractivity (Wildman–Crippen MR) is 60.5 cm³/mol. The number of thiazole rings is 1. The molecule has 0 aliphatic carbocycles. The van der Waals surface area contributed by atoms with Gasteiger partial charge in [-0.15, -0.1) is 11.3 Å². The second-order valence-corrected chi connectivity index (χ2v) is 4.39. The Morgan fingerprint density at radius 3 is 2.62 bits per heavy atom.